The van der Waals surface area contributed by atoms with Crippen LogP contribution in [0.15, 0.2) is 48.5 Å². The van der Waals surface area contributed by atoms with Crippen LogP contribution in [0.1, 0.15) is 16.2 Å². The second-order valence-corrected chi connectivity index (χ2v) is 5.29. The molecule has 0 aliphatic heterocycles. The summed E-state index contributed by atoms with van der Waals surface area (Å²) in [4.78, 5) is 12.5. The van der Waals surface area contributed by atoms with Crippen LogP contribution >= 0.6 is 0 Å². The van der Waals surface area contributed by atoms with Gasteiger partial charge in [-0.25, -0.2) is 4.68 Å². The Balaban J connectivity index is 1.86. The molecule has 0 aliphatic carbocycles. The predicted molar refractivity (Wildman–Crippen MR) is 93.6 cm³/mol. The Labute approximate surface area is 145 Å². The van der Waals surface area contributed by atoms with Crippen LogP contribution in [0.3, 0.4) is 0 Å². The van der Waals surface area contributed by atoms with Gasteiger partial charge in [0.2, 0.25) is 0 Å². The van der Waals surface area contributed by atoms with Crippen molar-refractivity contribution in [3.05, 3.63) is 59.9 Å². The van der Waals surface area contributed by atoms with Gasteiger partial charge in [-0.2, -0.15) is 0 Å². The van der Waals surface area contributed by atoms with E-state index in [1.54, 1.807) is 50.1 Å². The molecule has 1 aromatic heterocycles. The van der Waals surface area contributed by atoms with Gasteiger partial charge in [0.1, 0.15) is 17.2 Å². The van der Waals surface area contributed by atoms with Crippen LogP contribution in [0.5, 0.6) is 11.5 Å². The van der Waals surface area contributed by atoms with Crippen LogP contribution in [0.4, 0.5) is 5.69 Å². The number of hydrogen-bond donors (Lipinski definition) is 1. The van der Waals surface area contributed by atoms with Crippen molar-refractivity contribution in [1.82, 2.24) is 15.0 Å². The van der Waals surface area contributed by atoms with E-state index in [2.05, 4.69) is 15.6 Å². The molecule has 7 heteroatoms. The van der Waals surface area contributed by atoms with Crippen molar-refractivity contribution >= 4 is 11.6 Å². The van der Waals surface area contributed by atoms with E-state index in [-0.39, 0.29) is 11.6 Å². The van der Waals surface area contributed by atoms with Gasteiger partial charge in [0.05, 0.1) is 19.9 Å². The Morgan fingerprint density at radius 1 is 1.04 bits per heavy atom. The van der Waals surface area contributed by atoms with Gasteiger partial charge in [0.15, 0.2) is 5.69 Å². The number of para-hydroxylation sites is 2. The maximum Gasteiger partial charge on any atom is 0.278 e. The number of aromatic nitrogens is 3. The molecule has 1 N–H and O–H groups in total. The van der Waals surface area contributed by atoms with Crippen molar-refractivity contribution in [2.75, 3.05) is 19.5 Å². The van der Waals surface area contributed by atoms with Gasteiger partial charge in [0, 0.05) is 5.69 Å². The molecule has 7 nitrogen and oxygen atoms in total. The highest BCUT2D eigenvalue weighted by Gasteiger charge is 2.19. The van der Waals surface area contributed by atoms with E-state index in [1.807, 2.05) is 24.3 Å². The van der Waals surface area contributed by atoms with Gasteiger partial charge in [-0.15, -0.1) is 5.10 Å². The fourth-order valence-electron chi connectivity index (χ4n) is 2.44. The van der Waals surface area contributed by atoms with Crippen molar-refractivity contribution in [2.24, 2.45) is 0 Å². The van der Waals surface area contributed by atoms with Crippen molar-refractivity contribution in [1.29, 1.82) is 0 Å². The lowest BCUT2D eigenvalue weighted by Gasteiger charge is -2.09. The molecule has 25 heavy (non-hydrogen) atoms. The van der Waals surface area contributed by atoms with Crippen LogP contribution in [0.2, 0.25) is 0 Å². The van der Waals surface area contributed by atoms with Crippen LogP contribution in [-0.4, -0.2) is 35.1 Å². The van der Waals surface area contributed by atoms with Gasteiger partial charge in [-0.3, -0.25) is 4.79 Å². The fraction of sp³-hybridized carbons (Fsp3) is 0.167. The van der Waals surface area contributed by atoms with E-state index < -0.39 is 0 Å². The third kappa shape index (κ3) is 3.30. The number of hydrogen-bond acceptors (Lipinski definition) is 5. The molecule has 3 rings (SSSR count). The van der Waals surface area contributed by atoms with Crippen molar-refractivity contribution in [2.45, 2.75) is 6.92 Å². The molecule has 1 heterocycles. The molecular formula is C18H18N4O3. The molecule has 0 bridgehead atoms. The molecule has 0 unspecified atom stereocenters. The molecule has 0 saturated carbocycles. The minimum atomic E-state index is -0.330. The lowest BCUT2D eigenvalue weighted by Crippen LogP contribution is -2.14. The minimum Gasteiger partial charge on any atom is -0.497 e. The predicted octanol–water partition coefficient (Wildman–Crippen LogP) is 2.85. The normalized spacial score (nSPS) is 10.4. The van der Waals surface area contributed by atoms with Gasteiger partial charge >= 0.3 is 0 Å². The second kappa shape index (κ2) is 7.04. The Morgan fingerprint density at radius 3 is 2.44 bits per heavy atom. The monoisotopic (exact) mass is 338 g/mol. The summed E-state index contributed by atoms with van der Waals surface area (Å²) in [6, 6.07) is 14.5. The zero-order valence-corrected chi connectivity index (χ0v) is 14.2. The number of nitrogens with zero attached hydrogens (tertiary/aromatic N) is 3. The molecule has 0 saturated heterocycles. The van der Waals surface area contributed by atoms with Gasteiger partial charge < -0.3 is 14.8 Å². The molecule has 3 aromatic rings. The number of amides is 1. The van der Waals surface area contributed by atoms with Crippen LogP contribution in [-0.2, 0) is 0 Å². The second-order valence-electron chi connectivity index (χ2n) is 5.29. The van der Waals surface area contributed by atoms with Gasteiger partial charge in [-0.1, -0.05) is 17.3 Å². The molecule has 0 spiro atoms. The lowest BCUT2D eigenvalue weighted by molar-refractivity contribution is 0.102. The maximum atomic E-state index is 12.5. The average molecular weight is 338 g/mol. The highest BCUT2D eigenvalue weighted by atomic mass is 16.5. The van der Waals surface area contributed by atoms with E-state index in [1.165, 1.54) is 0 Å². The van der Waals surface area contributed by atoms with E-state index in [0.717, 1.165) is 11.4 Å². The van der Waals surface area contributed by atoms with Crippen molar-refractivity contribution in [3.8, 4) is 17.2 Å². The standard InChI is InChI=1S/C18H18N4O3/c1-12-17(18(23)19-13-8-10-14(24-2)11-9-13)20-21-22(12)15-6-4-5-7-16(15)25-3/h4-11H,1-3H3,(H,19,23). The molecule has 1 amide bonds. The Kier molecular flexibility index (Phi) is 4.65. The average Bonchev–Trinajstić information content (AvgIpc) is 3.03. The smallest absolute Gasteiger partial charge is 0.278 e. The summed E-state index contributed by atoms with van der Waals surface area (Å²) in [5.41, 5.74) is 2.24. The first-order valence-electron chi connectivity index (χ1n) is 7.65. The van der Waals surface area contributed by atoms with Crippen LogP contribution in [0, 0.1) is 6.92 Å². The quantitative estimate of drug-likeness (QED) is 0.774. The Bertz CT molecular complexity index is 888. The van der Waals surface area contributed by atoms with Crippen LogP contribution < -0.4 is 14.8 Å². The number of carbonyl (C=O) groups excluding carboxylic acids is 1. The molecule has 0 fully saturated rings. The molecule has 2 aromatic carbocycles. The molecular weight excluding hydrogens is 320 g/mol. The Hall–Kier alpha value is -3.35. The number of anilines is 1. The number of rotatable bonds is 5. The fourth-order valence-corrected chi connectivity index (χ4v) is 2.44. The summed E-state index contributed by atoms with van der Waals surface area (Å²) in [5, 5.41) is 10.9. The lowest BCUT2D eigenvalue weighted by atomic mass is 10.2. The van der Waals surface area contributed by atoms with Crippen molar-refractivity contribution < 1.29 is 14.3 Å². The zero-order valence-electron chi connectivity index (χ0n) is 14.2. The number of methoxy groups -OCH3 is 2. The largest absolute Gasteiger partial charge is 0.497 e. The first kappa shape index (κ1) is 16.5. The third-order valence-electron chi connectivity index (χ3n) is 3.77. The maximum absolute atomic E-state index is 12.5. The summed E-state index contributed by atoms with van der Waals surface area (Å²) in [6.07, 6.45) is 0. The van der Waals surface area contributed by atoms with Crippen molar-refractivity contribution in [3.63, 3.8) is 0 Å². The number of benzene rings is 2. The minimum absolute atomic E-state index is 0.252. The summed E-state index contributed by atoms with van der Waals surface area (Å²) < 4.78 is 12.0. The summed E-state index contributed by atoms with van der Waals surface area (Å²) >= 11 is 0. The molecule has 0 aliphatic rings. The molecule has 0 atom stereocenters. The van der Waals surface area contributed by atoms with Crippen LogP contribution in [0.25, 0.3) is 5.69 Å². The Morgan fingerprint density at radius 2 is 1.76 bits per heavy atom. The third-order valence-corrected chi connectivity index (χ3v) is 3.77. The summed E-state index contributed by atoms with van der Waals surface area (Å²) in [6.45, 7) is 1.79. The summed E-state index contributed by atoms with van der Waals surface area (Å²) in [7, 11) is 3.18. The molecule has 128 valence electrons. The van der Waals surface area contributed by atoms with E-state index >= 15 is 0 Å². The van der Waals surface area contributed by atoms with E-state index in [9.17, 15) is 4.79 Å². The van der Waals surface area contributed by atoms with Gasteiger partial charge in [-0.05, 0) is 43.3 Å². The first-order valence-corrected chi connectivity index (χ1v) is 7.65. The van der Waals surface area contributed by atoms with Gasteiger partial charge in [0.25, 0.3) is 5.91 Å². The highest BCUT2D eigenvalue weighted by Crippen LogP contribution is 2.23. The zero-order chi connectivity index (χ0) is 17.8. The molecule has 0 radical (unpaired) electrons. The van der Waals surface area contributed by atoms with E-state index in [4.69, 9.17) is 9.47 Å². The number of nitrogens with one attached hydrogen (secondary N) is 1. The topological polar surface area (TPSA) is 78.3 Å². The highest BCUT2D eigenvalue weighted by molar-refractivity contribution is 6.03. The first-order chi connectivity index (χ1) is 12.1. The number of carbonyl (C=O) groups is 1. The summed E-state index contributed by atoms with van der Waals surface area (Å²) in [5.74, 6) is 1.04. The SMILES string of the molecule is COc1ccc(NC(=O)c2nnn(-c3ccccc3OC)c2C)cc1. The number of ether oxygens (including phenoxy) is 2. The van der Waals surface area contributed by atoms with E-state index in [0.29, 0.717) is 17.1 Å².